The molecular formula is C17H22N6O. The maximum Gasteiger partial charge on any atom is 0.220 e. The highest BCUT2D eigenvalue weighted by atomic mass is 16.5. The van der Waals surface area contributed by atoms with Crippen molar-refractivity contribution in [1.29, 1.82) is 0 Å². The van der Waals surface area contributed by atoms with Crippen LogP contribution in [0.1, 0.15) is 37.7 Å². The molecule has 0 radical (unpaired) electrons. The van der Waals surface area contributed by atoms with E-state index in [-0.39, 0.29) is 5.96 Å². The standard InChI is InChI=1S/C17H22N6O/c18-15-21-16(19)23(17(22-15)8-2-1-3-9-17)13-6-4-12(5-7-13)14-20-10-11-24-14/h4-7H,1-3,8-11H2,(H4,18,19,21,22). The highest BCUT2D eigenvalue weighted by molar-refractivity contribution is 6.06. The van der Waals surface area contributed by atoms with Gasteiger partial charge in [0.2, 0.25) is 17.8 Å². The molecule has 4 N–H and O–H groups in total. The molecule has 1 saturated carbocycles. The molecule has 1 spiro atoms. The van der Waals surface area contributed by atoms with Gasteiger partial charge in [-0.2, -0.15) is 4.99 Å². The predicted octanol–water partition coefficient (Wildman–Crippen LogP) is 1.57. The van der Waals surface area contributed by atoms with E-state index in [1.165, 1.54) is 6.42 Å². The van der Waals surface area contributed by atoms with Gasteiger partial charge in [-0.1, -0.05) is 6.42 Å². The van der Waals surface area contributed by atoms with Crippen LogP contribution in [-0.4, -0.2) is 36.6 Å². The SMILES string of the molecule is NC1=NC2(CCCCC2)N(c2ccc(C3=NCCO3)cc2)C(N)=N1. The molecule has 1 aliphatic carbocycles. The van der Waals surface area contributed by atoms with E-state index in [2.05, 4.69) is 15.0 Å². The first-order valence-electron chi connectivity index (χ1n) is 8.45. The van der Waals surface area contributed by atoms with Crippen LogP contribution in [0.4, 0.5) is 5.69 Å². The summed E-state index contributed by atoms with van der Waals surface area (Å²) in [6.45, 7) is 1.37. The number of guanidine groups is 2. The monoisotopic (exact) mass is 326 g/mol. The zero-order valence-corrected chi connectivity index (χ0v) is 13.6. The Kier molecular flexibility index (Phi) is 3.63. The minimum Gasteiger partial charge on any atom is -0.476 e. The van der Waals surface area contributed by atoms with Crippen LogP contribution in [0.3, 0.4) is 0 Å². The molecule has 7 nitrogen and oxygen atoms in total. The Bertz CT molecular complexity index is 715. The second-order valence-electron chi connectivity index (χ2n) is 6.40. The summed E-state index contributed by atoms with van der Waals surface area (Å²) >= 11 is 0. The van der Waals surface area contributed by atoms with Crippen LogP contribution in [0.5, 0.6) is 0 Å². The predicted molar refractivity (Wildman–Crippen MR) is 95.3 cm³/mol. The van der Waals surface area contributed by atoms with Gasteiger partial charge < -0.3 is 16.2 Å². The highest BCUT2D eigenvalue weighted by Crippen LogP contribution is 2.39. The van der Waals surface area contributed by atoms with Crippen LogP contribution in [0.25, 0.3) is 0 Å². The first-order chi connectivity index (χ1) is 11.7. The van der Waals surface area contributed by atoms with Crippen molar-refractivity contribution in [1.82, 2.24) is 0 Å². The van der Waals surface area contributed by atoms with Crippen molar-refractivity contribution >= 4 is 23.5 Å². The number of ether oxygens (including phenoxy) is 1. The number of nitrogens with zero attached hydrogens (tertiary/aromatic N) is 4. The maximum atomic E-state index is 6.23. The third-order valence-corrected chi connectivity index (χ3v) is 4.81. The van der Waals surface area contributed by atoms with Crippen LogP contribution < -0.4 is 16.4 Å². The van der Waals surface area contributed by atoms with Crippen molar-refractivity contribution in [2.45, 2.75) is 37.8 Å². The summed E-state index contributed by atoms with van der Waals surface area (Å²) < 4.78 is 5.52. The molecule has 0 saturated heterocycles. The van der Waals surface area contributed by atoms with Gasteiger partial charge in [-0.15, -0.1) is 0 Å². The molecule has 1 aromatic rings. The van der Waals surface area contributed by atoms with Crippen LogP contribution in [0.15, 0.2) is 39.2 Å². The largest absolute Gasteiger partial charge is 0.476 e. The van der Waals surface area contributed by atoms with Crippen LogP contribution in [-0.2, 0) is 4.74 Å². The Morgan fingerprint density at radius 1 is 1.04 bits per heavy atom. The lowest BCUT2D eigenvalue weighted by Crippen LogP contribution is -2.58. The van der Waals surface area contributed by atoms with E-state index in [0.29, 0.717) is 18.5 Å². The average Bonchev–Trinajstić information content (AvgIpc) is 3.10. The number of hydrogen-bond donors (Lipinski definition) is 2. The number of hydrogen-bond acceptors (Lipinski definition) is 7. The second-order valence-corrected chi connectivity index (χ2v) is 6.40. The minimum absolute atomic E-state index is 0.274. The topological polar surface area (TPSA) is 102 Å². The van der Waals surface area contributed by atoms with Crippen molar-refractivity contribution < 1.29 is 4.74 Å². The fourth-order valence-electron chi connectivity index (χ4n) is 3.76. The maximum absolute atomic E-state index is 6.23. The van der Waals surface area contributed by atoms with E-state index in [1.807, 2.05) is 29.2 Å². The van der Waals surface area contributed by atoms with Gasteiger partial charge in [0.15, 0.2) is 0 Å². The lowest BCUT2D eigenvalue weighted by Gasteiger charge is -2.45. The molecule has 126 valence electrons. The van der Waals surface area contributed by atoms with E-state index >= 15 is 0 Å². The number of anilines is 1. The van der Waals surface area contributed by atoms with Crippen molar-refractivity contribution in [2.24, 2.45) is 26.4 Å². The van der Waals surface area contributed by atoms with Gasteiger partial charge in [-0.05, 0) is 49.9 Å². The first kappa shape index (κ1) is 15.0. The third kappa shape index (κ3) is 2.50. The summed E-state index contributed by atoms with van der Waals surface area (Å²) in [7, 11) is 0. The Hall–Kier alpha value is -2.57. The van der Waals surface area contributed by atoms with E-state index in [1.54, 1.807) is 0 Å². The minimum atomic E-state index is -0.406. The van der Waals surface area contributed by atoms with Gasteiger partial charge in [-0.3, -0.25) is 4.90 Å². The van der Waals surface area contributed by atoms with E-state index < -0.39 is 5.66 Å². The quantitative estimate of drug-likeness (QED) is 0.861. The molecule has 7 heteroatoms. The zero-order chi connectivity index (χ0) is 16.6. The molecular weight excluding hydrogens is 304 g/mol. The van der Waals surface area contributed by atoms with Gasteiger partial charge in [0.05, 0.1) is 6.54 Å². The van der Waals surface area contributed by atoms with Gasteiger partial charge in [0.1, 0.15) is 12.3 Å². The second kappa shape index (κ2) is 5.81. The molecule has 0 aromatic heterocycles. The van der Waals surface area contributed by atoms with Crippen molar-refractivity contribution in [3.63, 3.8) is 0 Å². The normalized spacial score (nSPS) is 22.7. The summed E-state index contributed by atoms with van der Waals surface area (Å²) in [6, 6.07) is 8.06. The van der Waals surface area contributed by atoms with Crippen molar-refractivity contribution in [3.05, 3.63) is 29.8 Å². The van der Waals surface area contributed by atoms with Gasteiger partial charge in [0.25, 0.3) is 0 Å². The van der Waals surface area contributed by atoms with Crippen molar-refractivity contribution in [3.8, 4) is 0 Å². The van der Waals surface area contributed by atoms with Crippen molar-refractivity contribution in [2.75, 3.05) is 18.1 Å². The molecule has 24 heavy (non-hydrogen) atoms. The van der Waals surface area contributed by atoms with Gasteiger partial charge in [0, 0.05) is 11.3 Å². The highest BCUT2D eigenvalue weighted by Gasteiger charge is 2.42. The summed E-state index contributed by atoms with van der Waals surface area (Å²) in [4.78, 5) is 15.3. The number of nitrogens with two attached hydrogens (primary N) is 2. The molecule has 0 atom stereocenters. The molecule has 2 heterocycles. The van der Waals surface area contributed by atoms with Crippen LogP contribution in [0.2, 0.25) is 0 Å². The number of rotatable bonds is 2. The molecule has 0 unspecified atom stereocenters. The summed E-state index contributed by atoms with van der Waals surface area (Å²) in [6.07, 6.45) is 5.31. The Balaban J connectivity index is 1.69. The fourth-order valence-corrected chi connectivity index (χ4v) is 3.76. The van der Waals surface area contributed by atoms with Gasteiger partial charge in [-0.25, -0.2) is 9.98 Å². The molecule has 1 aromatic carbocycles. The average molecular weight is 326 g/mol. The summed E-state index contributed by atoms with van der Waals surface area (Å²) in [5.74, 6) is 1.39. The van der Waals surface area contributed by atoms with Crippen LogP contribution in [0, 0.1) is 0 Å². The number of benzene rings is 1. The fraction of sp³-hybridized carbons (Fsp3) is 0.471. The van der Waals surface area contributed by atoms with E-state index in [9.17, 15) is 0 Å². The summed E-state index contributed by atoms with van der Waals surface area (Å²) in [5, 5.41) is 0. The molecule has 4 rings (SSSR count). The molecule has 2 aliphatic heterocycles. The Morgan fingerprint density at radius 3 is 2.46 bits per heavy atom. The smallest absolute Gasteiger partial charge is 0.220 e. The third-order valence-electron chi connectivity index (χ3n) is 4.81. The van der Waals surface area contributed by atoms with E-state index in [4.69, 9.17) is 16.2 Å². The number of aliphatic imine (C=N–C) groups is 3. The van der Waals surface area contributed by atoms with Gasteiger partial charge >= 0.3 is 0 Å². The lowest BCUT2D eigenvalue weighted by atomic mass is 9.87. The lowest BCUT2D eigenvalue weighted by molar-refractivity contribution is 0.305. The molecule has 3 aliphatic rings. The first-order valence-corrected chi connectivity index (χ1v) is 8.45. The molecule has 1 fully saturated rings. The Labute approximate surface area is 141 Å². The molecule has 0 amide bonds. The summed E-state index contributed by atoms with van der Waals surface area (Å²) in [5.41, 5.74) is 13.7. The Morgan fingerprint density at radius 2 is 1.79 bits per heavy atom. The van der Waals surface area contributed by atoms with Crippen LogP contribution >= 0.6 is 0 Å². The van der Waals surface area contributed by atoms with E-state index in [0.717, 1.165) is 43.5 Å². The molecule has 0 bridgehead atoms. The zero-order valence-electron chi connectivity index (χ0n) is 13.6.